The number of amides is 2. The van der Waals surface area contributed by atoms with Crippen molar-refractivity contribution in [1.29, 1.82) is 5.26 Å². The van der Waals surface area contributed by atoms with Crippen molar-refractivity contribution < 1.29 is 23.8 Å². The van der Waals surface area contributed by atoms with E-state index in [1.54, 1.807) is 44.3 Å². The lowest BCUT2D eigenvalue weighted by Crippen LogP contribution is -2.45. The molecule has 8 nitrogen and oxygen atoms in total. The molecule has 1 saturated heterocycles. The number of benzene rings is 1. The van der Waals surface area contributed by atoms with Crippen molar-refractivity contribution in [2.24, 2.45) is 5.92 Å². The molecule has 0 N–H and O–H groups in total. The van der Waals surface area contributed by atoms with E-state index in [1.165, 1.54) is 4.90 Å². The maximum atomic E-state index is 13.2. The van der Waals surface area contributed by atoms with E-state index in [-0.39, 0.29) is 60.5 Å². The Labute approximate surface area is 183 Å². The number of rotatable bonds is 1. The van der Waals surface area contributed by atoms with Crippen molar-refractivity contribution in [2.75, 3.05) is 40.9 Å². The van der Waals surface area contributed by atoms with Crippen LogP contribution in [0.5, 0.6) is 5.75 Å². The van der Waals surface area contributed by atoms with Crippen LogP contribution in [0.25, 0.3) is 0 Å². The molecule has 2 bridgehead atoms. The number of ether oxygens (including phenoxy) is 3. The van der Waals surface area contributed by atoms with Gasteiger partial charge in [-0.05, 0) is 31.4 Å². The largest absolute Gasteiger partial charge is 0.489 e. The van der Waals surface area contributed by atoms with Gasteiger partial charge in [-0.3, -0.25) is 9.59 Å². The Bertz CT molecular complexity index is 852. The summed E-state index contributed by atoms with van der Waals surface area (Å²) in [5, 5.41) is 9.57. The summed E-state index contributed by atoms with van der Waals surface area (Å²) in [4.78, 5) is 29.2. The summed E-state index contributed by atoms with van der Waals surface area (Å²) in [6.07, 6.45) is 1.90. The van der Waals surface area contributed by atoms with Crippen LogP contribution in [-0.2, 0) is 14.3 Å². The van der Waals surface area contributed by atoms with E-state index in [4.69, 9.17) is 14.2 Å². The lowest BCUT2D eigenvalue weighted by molar-refractivity contribution is -0.146. The normalized spacial score (nSPS) is 28.1. The van der Waals surface area contributed by atoms with Gasteiger partial charge in [0.15, 0.2) is 0 Å². The Morgan fingerprint density at radius 3 is 2.65 bits per heavy atom. The first kappa shape index (κ1) is 23.0. The molecule has 0 saturated carbocycles. The predicted molar refractivity (Wildman–Crippen MR) is 114 cm³/mol. The quantitative estimate of drug-likeness (QED) is 0.679. The molecule has 168 valence electrons. The molecule has 4 atom stereocenters. The fourth-order valence-electron chi connectivity index (χ4n) is 4.28. The summed E-state index contributed by atoms with van der Waals surface area (Å²) in [5.41, 5.74) is 0.583. The Kier molecular flexibility index (Phi) is 7.52. The minimum atomic E-state index is -0.356. The van der Waals surface area contributed by atoms with E-state index in [0.717, 1.165) is 19.3 Å². The second-order valence-electron chi connectivity index (χ2n) is 8.39. The van der Waals surface area contributed by atoms with E-state index in [0.29, 0.717) is 12.1 Å². The lowest BCUT2D eigenvalue weighted by atomic mass is 9.99. The molecule has 1 aromatic rings. The smallest absolute Gasteiger partial charge is 0.257 e. The van der Waals surface area contributed by atoms with Crippen LogP contribution in [-0.4, -0.2) is 80.8 Å². The molecule has 2 aliphatic rings. The van der Waals surface area contributed by atoms with Crippen LogP contribution >= 0.6 is 0 Å². The van der Waals surface area contributed by atoms with Crippen LogP contribution in [0.4, 0.5) is 0 Å². The standard InChI is InChI=1S/C23H31N3O5/c1-15-13-26(3)23(28)18-7-5-6-16(12-24)21(18)30-14-20-19(29-4)9-8-17(31-20)10-11-25(2)22(15)27/h5-7,15,17,19-20H,8-11,13-14H2,1-4H3/t15-,17-,19-,20-/m1/s1. The Hall–Kier alpha value is -2.63. The molecule has 0 aromatic heterocycles. The molecule has 1 fully saturated rings. The van der Waals surface area contributed by atoms with Gasteiger partial charge in [-0.1, -0.05) is 13.0 Å². The second kappa shape index (κ2) is 10.1. The molecule has 31 heavy (non-hydrogen) atoms. The van der Waals surface area contributed by atoms with Gasteiger partial charge in [-0.25, -0.2) is 0 Å². The minimum Gasteiger partial charge on any atom is -0.489 e. The summed E-state index contributed by atoms with van der Waals surface area (Å²) in [7, 11) is 5.09. The summed E-state index contributed by atoms with van der Waals surface area (Å²) < 4.78 is 17.9. The van der Waals surface area contributed by atoms with Gasteiger partial charge in [-0.2, -0.15) is 5.26 Å². The van der Waals surface area contributed by atoms with Crippen LogP contribution in [0, 0.1) is 17.2 Å². The molecule has 0 spiro atoms. The van der Waals surface area contributed by atoms with E-state index in [2.05, 4.69) is 6.07 Å². The lowest BCUT2D eigenvalue weighted by Gasteiger charge is -2.36. The van der Waals surface area contributed by atoms with Crippen LogP contribution in [0.15, 0.2) is 18.2 Å². The highest BCUT2D eigenvalue weighted by atomic mass is 16.6. The third-order valence-corrected chi connectivity index (χ3v) is 6.09. The van der Waals surface area contributed by atoms with Crippen molar-refractivity contribution in [3.8, 4) is 11.8 Å². The average Bonchev–Trinajstić information content (AvgIpc) is 2.79. The van der Waals surface area contributed by atoms with E-state index >= 15 is 0 Å². The minimum absolute atomic E-state index is 0.00864. The topological polar surface area (TPSA) is 92.1 Å². The first-order valence-electron chi connectivity index (χ1n) is 10.7. The van der Waals surface area contributed by atoms with Crippen molar-refractivity contribution in [2.45, 2.75) is 44.5 Å². The third kappa shape index (κ3) is 5.17. The van der Waals surface area contributed by atoms with Crippen molar-refractivity contribution in [3.05, 3.63) is 29.3 Å². The number of hydrogen-bond donors (Lipinski definition) is 0. The summed E-state index contributed by atoms with van der Waals surface area (Å²) in [5.74, 6) is -0.423. The van der Waals surface area contributed by atoms with Gasteiger partial charge in [0.1, 0.15) is 24.5 Å². The zero-order valence-corrected chi connectivity index (χ0v) is 18.7. The fraction of sp³-hybridized carbons (Fsp3) is 0.609. The number of methoxy groups -OCH3 is 1. The number of hydrogen-bond acceptors (Lipinski definition) is 6. The highest BCUT2D eigenvalue weighted by Crippen LogP contribution is 2.29. The van der Waals surface area contributed by atoms with Crippen LogP contribution in [0.2, 0.25) is 0 Å². The van der Waals surface area contributed by atoms with Gasteiger partial charge in [0, 0.05) is 34.3 Å². The highest BCUT2D eigenvalue weighted by molar-refractivity contribution is 5.97. The molecule has 1 aromatic carbocycles. The highest BCUT2D eigenvalue weighted by Gasteiger charge is 2.33. The van der Waals surface area contributed by atoms with Crippen LogP contribution in [0.1, 0.15) is 42.1 Å². The molecular formula is C23H31N3O5. The van der Waals surface area contributed by atoms with E-state index < -0.39 is 0 Å². The monoisotopic (exact) mass is 429 g/mol. The van der Waals surface area contributed by atoms with Crippen molar-refractivity contribution >= 4 is 11.8 Å². The first-order chi connectivity index (χ1) is 14.8. The fourth-order valence-corrected chi connectivity index (χ4v) is 4.28. The molecule has 0 aliphatic carbocycles. The zero-order chi connectivity index (χ0) is 22.5. The van der Waals surface area contributed by atoms with Crippen LogP contribution < -0.4 is 4.74 Å². The van der Waals surface area contributed by atoms with Crippen molar-refractivity contribution in [3.63, 3.8) is 0 Å². The molecule has 3 rings (SSSR count). The molecule has 0 unspecified atom stereocenters. The average molecular weight is 430 g/mol. The molecule has 8 heteroatoms. The number of nitriles is 1. The Morgan fingerprint density at radius 1 is 1.16 bits per heavy atom. The molecular weight excluding hydrogens is 398 g/mol. The van der Waals surface area contributed by atoms with Gasteiger partial charge in [0.2, 0.25) is 5.91 Å². The third-order valence-electron chi connectivity index (χ3n) is 6.09. The van der Waals surface area contributed by atoms with E-state index in [1.807, 2.05) is 6.92 Å². The molecule has 2 heterocycles. The zero-order valence-electron chi connectivity index (χ0n) is 18.7. The molecule has 2 amide bonds. The maximum absolute atomic E-state index is 13.2. The number of carbonyl (C=O) groups is 2. The first-order valence-corrected chi connectivity index (χ1v) is 10.7. The predicted octanol–water partition coefficient (Wildman–Crippen LogP) is 2.07. The summed E-state index contributed by atoms with van der Waals surface area (Å²) >= 11 is 0. The summed E-state index contributed by atoms with van der Waals surface area (Å²) in [6, 6.07) is 7.04. The van der Waals surface area contributed by atoms with Crippen molar-refractivity contribution in [1.82, 2.24) is 9.80 Å². The SMILES string of the molecule is CO[C@@H]1CC[C@@H]2CCN(C)C(=O)[C@H](C)CN(C)C(=O)c3cccc(C#N)c3OC[C@H]1O2. The number of para-hydroxylation sites is 1. The number of nitrogens with zero attached hydrogens (tertiary/aromatic N) is 3. The van der Waals surface area contributed by atoms with Crippen LogP contribution in [0.3, 0.4) is 0 Å². The van der Waals surface area contributed by atoms with Gasteiger partial charge < -0.3 is 24.0 Å². The second-order valence-corrected chi connectivity index (χ2v) is 8.39. The molecule has 2 aliphatic heterocycles. The molecule has 0 radical (unpaired) electrons. The summed E-state index contributed by atoms with van der Waals surface area (Å²) in [6.45, 7) is 2.84. The van der Waals surface area contributed by atoms with Gasteiger partial charge in [-0.15, -0.1) is 0 Å². The maximum Gasteiger partial charge on any atom is 0.257 e. The van der Waals surface area contributed by atoms with Gasteiger partial charge in [0.25, 0.3) is 5.91 Å². The van der Waals surface area contributed by atoms with Gasteiger partial charge in [0.05, 0.1) is 29.3 Å². The number of carbonyl (C=O) groups excluding carboxylic acids is 2. The van der Waals surface area contributed by atoms with E-state index in [9.17, 15) is 14.9 Å². The van der Waals surface area contributed by atoms with Gasteiger partial charge >= 0.3 is 0 Å². The number of fused-ring (bicyclic) bond motifs is 3. The Balaban J connectivity index is 1.96. The Morgan fingerprint density at radius 2 is 1.94 bits per heavy atom.